The van der Waals surface area contributed by atoms with Gasteiger partial charge >= 0.3 is 0 Å². The molecule has 4 heteroatoms. The van der Waals surface area contributed by atoms with Gasteiger partial charge in [-0.05, 0) is 42.3 Å². The van der Waals surface area contributed by atoms with Crippen molar-refractivity contribution in [2.45, 2.75) is 6.42 Å². The molecule has 94 valence electrons. The predicted molar refractivity (Wildman–Crippen MR) is 80.3 cm³/mol. The molecule has 0 saturated carbocycles. The second kappa shape index (κ2) is 5.09. The third kappa shape index (κ3) is 2.14. The zero-order valence-electron chi connectivity index (χ0n) is 9.77. The van der Waals surface area contributed by atoms with Gasteiger partial charge in [0.2, 0.25) is 0 Å². The summed E-state index contributed by atoms with van der Waals surface area (Å²) in [6, 6.07) is 14.0. The Bertz CT molecular complexity index is 569. The fourth-order valence-corrected chi connectivity index (χ4v) is 2.55. The second-order valence-corrected chi connectivity index (χ2v) is 4.67. The van der Waals surface area contributed by atoms with Gasteiger partial charge in [-0.15, -0.1) is 12.4 Å². The summed E-state index contributed by atoms with van der Waals surface area (Å²) < 4.78 is 0. The van der Waals surface area contributed by atoms with Crippen molar-refractivity contribution < 1.29 is 0 Å². The van der Waals surface area contributed by atoms with Crippen molar-refractivity contribution in [3.8, 4) is 0 Å². The lowest BCUT2D eigenvalue weighted by Gasteiger charge is -2.21. The maximum Gasteiger partial charge on any atom is 0.0644 e. The number of nitrogen functional groups attached to an aromatic ring is 1. The van der Waals surface area contributed by atoms with Crippen LogP contribution in [0.4, 0.5) is 17.1 Å². The number of anilines is 3. The van der Waals surface area contributed by atoms with Crippen molar-refractivity contribution in [1.29, 1.82) is 0 Å². The molecule has 0 aromatic heterocycles. The molecule has 1 aliphatic heterocycles. The van der Waals surface area contributed by atoms with Crippen LogP contribution in [-0.2, 0) is 6.42 Å². The maximum absolute atomic E-state index is 6.02. The molecule has 1 aliphatic rings. The van der Waals surface area contributed by atoms with Gasteiger partial charge in [-0.3, -0.25) is 0 Å². The summed E-state index contributed by atoms with van der Waals surface area (Å²) in [6.07, 6.45) is 1.02. The van der Waals surface area contributed by atoms with E-state index in [0.29, 0.717) is 0 Å². The van der Waals surface area contributed by atoms with Gasteiger partial charge in [-0.2, -0.15) is 0 Å². The Kier molecular flexibility index (Phi) is 3.69. The highest BCUT2D eigenvalue weighted by atomic mass is 35.5. The lowest BCUT2D eigenvalue weighted by atomic mass is 10.1. The summed E-state index contributed by atoms with van der Waals surface area (Å²) >= 11 is 6.01. The molecule has 2 N–H and O–H groups in total. The van der Waals surface area contributed by atoms with E-state index in [1.54, 1.807) is 0 Å². The number of benzene rings is 2. The summed E-state index contributed by atoms with van der Waals surface area (Å²) in [6.45, 7) is 0.962. The highest BCUT2D eigenvalue weighted by Crippen LogP contribution is 2.38. The van der Waals surface area contributed by atoms with Gasteiger partial charge in [-0.25, -0.2) is 0 Å². The molecule has 2 aromatic rings. The third-order valence-corrected chi connectivity index (χ3v) is 3.40. The first-order chi connectivity index (χ1) is 8.25. The Morgan fingerprint density at radius 2 is 1.83 bits per heavy atom. The molecule has 0 unspecified atom stereocenters. The topological polar surface area (TPSA) is 29.3 Å². The molecule has 0 saturated heterocycles. The first-order valence-corrected chi connectivity index (χ1v) is 6.04. The van der Waals surface area contributed by atoms with Crippen LogP contribution >= 0.6 is 24.0 Å². The molecular weight excluding hydrogens is 267 g/mol. The van der Waals surface area contributed by atoms with E-state index >= 15 is 0 Å². The van der Waals surface area contributed by atoms with E-state index < -0.39 is 0 Å². The zero-order valence-corrected chi connectivity index (χ0v) is 11.3. The van der Waals surface area contributed by atoms with Crippen molar-refractivity contribution in [3.05, 3.63) is 53.1 Å². The number of hydrogen-bond donors (Lipinski definition) is 1. The van der Waals surface area contributed by atoms with Gasteiger partial charge in [0.1, 0.15) is 0 Å². The fourth-order valence-electron chi connectivity index (χ4n) is 2.35. The van der Waals surface area contributed by atoms with E-state index in [4.69, 9.17) is 17.3 Å². The molecule has 0 radical (unpaired) electrons. The Morgan fingerprint density at radius 3 is 2.61 bits per heavy atom. The number of halogens is 2. The van der Waals surface area contributed by atoms with E-state index in [9.17, 15) is 0 Å². The first-order valence-electron chi connectivity index (χ1n) is 5.66. The van der Waals surface area contributed by atoms with Gasteiger partial charge in [-0.1, -0.05) is 23.7 Å². The molecule has 18 heavy (non-hydrogen) atoms. The van der Waals surface area contributed by atoms with E-state index in [1.165, 1.54) is 11.3 Å². The molecule has 1 heterocycles. The van der Waals surface area contributed by atoms with E-state index in [2.05, 4.69) is 17.0 Å². The molecule has 0 atom stereocenters. The van der Waals surface area contributed by atoms with Crippen LogP contribution in [0, 0.1) is 0 Å². The van der Waals surface area contributed by atoms with Crippen molar-refractivity contribution in [3.63, 3.8) is 0 Å². The third-order valence-electron chi connectivity index (χ3n) is 3.16. The maximum atomic E-state index is 6.02. The van der Waals surface area contributed by atoms with Gasteiger partial charge in [0.25, 0.3) is 0 Å². The standard InChI is InChI=1S/C14H13ClN2.ClH/c15-11-5-6-13-10(9-11)7-8-17(13)14-4-2-1-3-12(14)16;/h1-6,9H,7-8,16H2;1H. The van der Waals surface area contributed by atoms with Crippen LogP contribution in [0.1, 0.15) is 5.56 Å². The largest absolute Gasteiger partial charge is 0.397 e. The Balaban J connectivity index is 0.00000120. The van der Waals surface area contributed by atoms with E-state index in [0.717, 1.165) is 29.4 Å². The number of fused-ring (bicyclic) bond motifs is 1. The van der Waals surface area contributed by atoms with Gasteiger partial charge in [0, 0.05) is 17.3 Å². The fraction of sp³-hybridized carbons (Fsp3) is 0.143. The van der Waals surface area contributed by atoms with Crippen LogP contribution < -0.4 is 10.6 Å². The van der Waals surface area contributed by atoms with Crippen LogP contribution in [0.3, 0.4) is 0 Å². The predicted octanol–water partition coefficient (Wildman–Crippen LogP) is 4.04. The minimum absolute atomic E-state index is 0. The molecule has 0 fully saturated rings. The minimum Gasteiger partial charge on any atom is -0.397 e. The highest BCUT2D eigenvalue weighted by molar-refractivity contribution is 6.30. The number of para-hydroxylation sites is 2. The number of nitrogens with zero attached hydrogens (tertiary/aromatic N) is 1. The quantitative estimate of drug-likeness (QED) is 0.799. The van der Waals surface area contributed by atoms with Crippen molar-refractivity contribution in [1.82, 2.24) is 0 Å². The smallest absolute Gasteiger partial charge is 0.0644 e. The lowest BCUT2D eigenvalue weighted by molar-refractivity contribution is 1.000. The van der Waals surface area contributed by atoms with Crippen LogP contribution in [0.25, 0.3) is 0 Å². The Hall–Kier alpha value is -1.38. The zero-order chi connectivity index (χ0) is 11.8. The Labute approximate surface area is 118 Å². The minimum atomic E-state index is 0. The molecule has 3 rings (SSSR count). The van der Waals surface area contributed by atoms with Crippen LogP contribution in [0.5, 0.6) is 0 Å². The summed E-state index contributed by atoms with van der Waals surface area (Å²) in [5, 5.41) is 0.798. The van der Waals surface area contributed by atoms with Gasteiger partial charge < -0.3 is 10.6 Å². The van der Waals surface area contributed by atoms with Crippen LogP contribution in [0.2, 0.25) is 5.02 Å². The van der Waals surface area contributed by atoms with Crippen LogP contribution in [-0.4, -0.2) is 6.54 Å². The molecule has 0 amide bonds. The number of nitrogens with two attached hydrogens (primary N) is 1. The number of hydrogen-bond acceptors (Lipinski definition) is 2. The van der Waals surface area contributed by atoms with Crippen molar-refractivity contribution in [2.24, 2.45) is 0 Å². The SMILES string of the molecule is Cl.Nc1ccccc1N1CCc2cc(Cl)ccc21. The van der Waals surface area contributed by atoms with Crippen molar-refractivity contribution >= 4 is 41.1 Å². The normalized spacial score (nSPS) is 13.1. The molecule has 2 aromatic carbocycles. The molecule has 0 spiro atoms. The summed E-state index contributed by atoms with van der Waals surface area (Å²) in [5.74, 6) is 0. The summed E-state index contributed by atoms with van der Waals surface area (Å²) in [7, 11) is 0. The first kappa shape index (κ1) is 13.1. The van der Waals surface area contributed by atoms with Crippen LogP contribution in [0.15, 0.2) is 42.5 Å². The Morgan fingerprint density at radius 1 is 1.06 bits per heavy atom. The summed E-state index contributed by atoms with van der Waals surface area (Å²) in [4.78, 5) is 2.25. The van der Waals surface area contributed by atoms with Crippen molar-refractivity contribution in [2.75, 3.05) is 17.2 Å². The molecular formula is C14H14Cl2N2. The lowest BCUT2D eigenvalue weighted by Crippen LogP contribution is -2.14. The molecule has 2 nitrogen and oxygen atoms in total. The summed E-state index contributed by atoms with van der Waals surface area (Å²) in [5.41, 5.74) is 10.4. The average Bonchev–Trinajstić information content (AvgIpc) is 2.72. The average molecular weight is 281 g/mol. The molecule has 0 aliphatic carbocycles. The van der Waals surface area contributed by atoms with E-state index in [1.807, 2.05) is 30.3 Å². The highest BCUT2D eigenvalue weighted by Gasteiger charge is 2.21. The number of rotatable bonds is 1. The second-order valence-electron chi connectivity index (χ2n) is 4.23. The monoisotopic (exact) mass is 280 g/mol. The van der Waals surface area contributed by atoms with Gasteiger partial charge in [0.05, 0.1) is 11.4 Å². The van der Waals surface area contributed by atoms with Gasteiger partial charge in [0.15, 0.2) is 0 Å². The molecule has 0 bridgehead atoms. The van der Waals surface area contributed by atoms with E-state index in [-0.39, 0.29) is 12.4 Å².